The van der Waals surface area contributed by atoms with Crippen LogP contribution in [0.2, 0.25) is 0 Å². The third-order valence-electron chi connectivity index (χ3n) is 3.79. The van der Waals surface area contributed by atoms with Crippen LogP contribution in [0.15, 0.2) is 24.3 Å². The van der Waals surface area contributed by atoms with Crippen molar-refractivity contribution in [3.05, 3.63) is 69.3 Å². The van der Waals surface area contributed by atoms with Crippen LogP contribution in [0.4, 0.5) is 35.1 Å². The molecule has 0 aliphatic carbocycles. The Bertz CT molecular complexity index is 845. The van der Waals surface area contributed by atoms with Crippen molar-refractivity contribution in [1.82, 2.24) is 0 Å². The first-order valence-electron chi connectivity index (χ1n) is 7.28. The Hall–Kier alpha value is -1.49. The number of halogens is 10. The van der Waals surface area contributed by atoms with Gasteiger partial charge in [-0.2, -0.15) is 26.3 Å². The van der Waals surface area contributed by atoms with Gasteiger partial charge in [0, 0.05) is 21.8 Å². The van der Waals surface area contributed by atoms with E-state index in [9.17, 15) is 39.9 Å². The van der Waals surface area contributed by atoms with Gasteiger partial charge in [0.1, 0.15) is 22.8 Å². The Kier molecular flexibility index (Phi) is 6.59. The summed E-state index contributed by atoms with van der Waals surface area (Å²) in [5.41, 5.74) is -7.58. The molecule has 28 heavy (non-hydrogen) atoms. The second-order valence-corrected chi connectivity index (χ2v) is 6.64. The summed E-state index contributed by atoms with van der Waals surface area (Å²) in [6, 6.07) is 2.81. The summed E-state index contributed by atoms with van der Waals surface area (Å²) in [5, 5.41) is -0.641. The summed E-state index contributed by atoms with van der Waals surface area (Å²) in [6.45, 7) is 0. The SMILES string of the molecule is O=C(c1ccc(CBr)c(F)c1C(F)(F)F)c1ccc(CBr)c(F)c1C(F)(F)F. The van der Waals surface area contributed by atoms with Crippen molar-refractivity contribution < 1.29 is 39.9 Å². The van der Waals surface area contributed by atoms with E-state index in [1.165, 1.54) is 0 Å². The number of ketones is 1. The van der Waals surface area contributed by atoms with Gasteiger partial charge in [0.05, 0.1) is 0 Å². The lowest BCUT2D eigenvalue weighted by Gasteiger charge is -2.18. The maximum absolute atomic E-state index is 14.2. The lowest BCUT2D eigenvalue weighted by atomic mass is 9.92. The van der Waals surface area contributed by atoms with Crippen LogP contribution in [-0.4, -0.2) is 5.78 Å². The number of rotatable bonds is 4. The number of carbonyl (C=O) groups is 1. The van der Waals surface area contributed by atoms with Gasteiger partial charge in [-0.1, -0.05) is 44.0 Å². The molecular formula is C17H8Br2F8O. The van der Waals surface area contributed by atoms with Gasteiger partial charge in [-0.3, -0.25) is 4.79 Å². The highest BCUT2D eigenvalue weighted by Crippen LogP contribution is 2.40. The van der Waals surface area contributed by atoms with Crippen LogP contribution >= 0.6 is 31.9 Å². The van der Waals surface area contributed by atoms with Gasteiger partial charge in [-0.05, 0) is 23.3 Å². The first-order chi connectivity index (χ1) is 12.8. The van der Waals surface area contributed by atoms with Crippen LogP contribution in [0.5, 0.6) is 0 Å². The third kappa shape index (κ3) is 4.24. The molecule has 1 nitrogen and oxygen atoms in total. The van der Waals surface area contributed by atoms with Crippen molar-refractivity contribution in [2.24, 2.45) is 0 Å². The fourth-order valence-corrected chi connectivity index (χ4v) is 3.39. The summed E-state index contributed by atoms with van der Waals surface area (Å²) < 4.78 is 108. The van der Waals surface area contributed by atoms with Crippen molar-refractivity contribution >= 4 is 37.6 Å². The number of carbonyl (C=O) groups excluding carboxylic acids is 1. The molecule has 11 heteroatoms. The summed E-state index contributed by atoms with van der Waals surface area (Å²) in [4.78, 5) is 12.5. The Labute approximate surface area is 170 Å². The van der Waals surface area contributed by atoms with Gasteiger partial charge in [-0.25, -0.2) is 8.78 Å². The quantitative estimate of drug-likeness (QED) is 0.232. The Morgan fingerprint density at radius 3 is 1.29 bits per heavy atom. The largest absolute Gasteiger partial charge is 0.419 e. The van der Waals surface area contributed by atoms with E-state index in [0.717, 1.165) is 12.1 Å². The molecule has 0 aromatic heterocycles. The molecule has 2 aromatic carbocycles. The van der Waals surface area contributed by atoms with Gasteiger partial charge in [0.2, 0.25) is 0 Å². The zero-order valence-electron chi connectivity index (χ0n) is 13.4. The van der Waals surface area contributed by atoms with Crippen LogP contribution in [0.25, 0.3) is 0 Å². The lowest BCUT2D eigenvalue weighted by molar-refractivity contribution is -0.140. The number of benzene rings is 2. The predicted octanol–water partition coefficient (Wildman–Crippen LogP) is 7.02. The smallest absolute Gasteiger partial charge is 0.289 e. The van der Waals surface area contributed by atoms with Crippen LogP contribution in [0, 0.1) is 11.6 Å². The summed E-state index contributed by atoms with van der Waals surface area (Å²) >= 11 is 5.57. The van der Waals surface area contributed by atoms with Crippen molar-refractivity contribution in [1.29, 1.82) is 0 Å². The molecule has 0 fully saturated rings. The second kappa shape index (κ2) is 8.10. The molecular weight excluding hydrogens is 532 g/mol. The zero-order valence-corrected chi connectivity index (χ0v) is 16.6. The fraction of sp³-hybridized carbons (Fsp3) is 0.235. The molecule has 0 aliphatic rings. The molecule has 0 radical (unpaired) electrons. The molecule has 0 bridgehead atoms. The second-order valence-electron chi connectivity index (χ2n) is 5.51. The van der Waals surface area contributed by atoms with Crippen LogP contribution in [-0.2, 0) is 23.0 Å². The van der Waals surface area contributed by atoms with E-state index in [0.29, 0.717) is 12.1 Å². The first-order valence-corrected chi connectivity index (χ1v) is 9.52. The molecule has 152 valence electrons. The molecule has 0 unspecified atom stereocenters. The molecule has 0 N–H and O–H groups in total. The van der Waals surface area contributed by atoms with E-state index in [2.05, 4.69) is 31.9 Å². The molecule has 2 rings (SSSR count). The minimum atomic E-state index is -5.36. The van der Waals surface area contributed by atoms with E-state index in [1.54, 1.807) is 0 Å². The molecule has 0 atom stereocenters. The van der Waals surface area contributed by atoms with Crippen LogP contribution < -0.4 is 0 Å². The van der Waals surface area contributed by atoms with E-state index in [4.69, 9.17) is 0 Å². The lowest BCUT2D eigenvalue weighted by Crippen LogP contribution is -2.21. The number of hydrogen-bond acceptors (Lipinski definition) is 1. The monoisotopic (exact) mass is 538 g/mol. The molecule has 0 aliphatic heterocycles. The predicted molar refractivity (Wildman–Crippen MR) is 91.5 cm³/mol. The summed E-state index contributed by atoms with van der Waals surface area (Å²) in [6.07, 6.45) is -10.7. The van der Waals surface area contributed by atoms with Crippen molar-refractivity contribution in [3.63, 3.8) is 0 Å². The molecule has 0 heterocycles. The average Bonchev–Trinajstić information content (AvgIpc) is 2.58. The van der Waals surface area contributed by atoms with Crippen molar-refractivity contribution in [2.75, 3.05) is 0 Å². The average molecular weight is 540 g/mol. The van der Waals surface area contributed by atoms with Gasteiger partial charge in [0.15, 0.2) is 5.78 Å². The van der Waals surface area contributed by atoms with Crippen molar-refractivity contribution in [3.8, 4) is 0 Å². The van der Waals surface area contributed by atoms with Gasteiger partial charge >= 0.3 is 12.4 Å². The minimum absolute atomic E-state index is 0.321. The fourth-order valence-electron chi connectivity index (χ4n) is 2.52. The van der Waals surface area contributed by atoms with E-state index in [1.807, 2.05) is 0 Å². The molecule has 2 aromatic rings. The van der Waals surface area contributed by atoms with E-state index in [-0.39, 0.29) is 10.7 Å². The van der Waals surface area contributed by atoms with Gasteiger partial charge in [-0.15, -0.1) is 0 Å². The van der Waals surface area contributed by atoms with E-state index >= 15 is 0 Å². The standard InChI is InChI=1S/C17H8Br2F8O/c18-5-7-1-3-9(11(13(7)20)16(22,23)24)15(28)10-4-2-8(6-19)14(21)12(10)17(25,26)27/h1-4H,5-6H2. The topological polar surface area (TPSA) is 17.1 Å². The van der Waals surface area contributed by atoms with Crippen LogP contribution in [0.1, 0.15) is 38.2 Å². The molecule has 0 saturated carbocycles. The number of hydrogen-bond donors (Lipinski definition) is 0. The highest BCUT2D eigenvalue weighted by Gasteiger charge is 2.43. The van der Waals surface area contributed by atoms with Crippen molar-refractivity contribution in [2.45, 2.75) is 23.0 Å². The molecule has 0 amide bonds. The highest BCUT2D eigenvalue weighted by atomic mass is 79.9. The normalized spacial score (nSPS) is 12.4. The Morgan fingerprint density at radius 1 is 0.714 bits per heavy atom. The zero-order chi connectivity index (χ0) is 21.4. The first kappa shape index (κ1) is 22.8. The Balaban J connectivity index is 2.82. The van der Waals surface area contributed by atoms with Crippen LogP contribution in [0.3, 0.4) is 0 Å². The highest BCUT2D eigenvalue weighted by molar-refractivity contribution is 9.08. The maximum atomic E-state index is 14.2. The third-order valence-corrected chi connectivity index (χ3v) is 5.00. The maximum Gasteiger partial charge on any atom is 0.419 e. The molecule has 0 saturated heterocycles. The molecule has 0 spiro atoms. The number of alkyl halides is 8. The van der Waals surface area contributed by atoms with Gasteiger partial charge < -0.3 is 0 Å². The van der Waals surface area contributed by atoms with Gasteiger partial charge in [0.25, 0.3) is 0 Å². The summed E-state index contributed by atoms with van der Waals surface area (Å²) in [5.74, 6) is -5.37. The Morgan fingerprint density at radius 2 is 1.04 bits per heavy atom. The minimum Gasteiger partial charge on any atom is -0.289 e. The summed E-state index contributed by atoms with van der Waals surface area (Å²) in [7, 11) is 0. The van der Waals surface area contributed by atoms with E-state index < -0.39 is 63.2 Å².